The van der Waals surface area contributed by atoms with Crippen molar-refractivity contribution in [3.05, 3.63) is 77.1 Å². The van der Waals surface area contributed by atoms with Crippen molar-refractivity contribution >= 4 is 27.4 Å². The van der Waals surface area contributed by atoms with Crippen molar-refractivity contribution in [2.45, 2.75) is 33.4 Å². The van der Waals surface area contributed by atoms with E-state index in [1.165, 1.54) is 0 Å². The molecule has 0 aliphatic rings. The Labute approximate surface area is 201 Å². The highest BCUT2D eigenvalue weighted by molar-refractivity contribution is 7.16. The molecule has 4 aromatic heterocycles. The standard InChI is InChI=1S/C25H25N7OS/c1-15-7-20(32(4)31-15)13-33-21-8-19(11-26-12-21)16(2)28-25-10-23(29-17(3)30-25)18-5-6-22-24(9-18)34-14-27-22/h5-12,14,16H,13H2,1-4H3,(H,28,29,30). The summed E-state index contributed by atoms with van der Waals surface area (Å²) in [7, 11) is 1.92. The van der Waals surface area contributed by atoms with Crippen LogP contribution in [-0.4, -0.2) is 29.7 Å². The van der Waals surface area contributed by atoms with Crippen LogP contribution in [-0.2, 0) is 13.7 Å². The minimum absolute atomic E-state index is 0.0267. The van der Waals surface area contributed by atoms with Crippen molar-refractivity contribution in [2.24, 2.45) is 7.05 Å². The molecule has 34 heavy (non-hydrogen) atoms. The van der Waals surface area contributed by atoms with Crippen LogP contribution in [0, 0.1) is 13.8 Å². The van der Waals surface area contributed by atoms with E-state index in [1.54, 1.807) is 17.5 Å². The molecule has 9 heteroatoms. The first-order valence-electron chi connectivity index (χ1n) is 11.0. The second-order valence-electron chi connectivity index (χ2n) is 8.23. The van der Waals surface area contributed by atoms with E-state index in [2.05, 4.69) is 43.3 Å². The Hall–Kier alpha value is -3.85. The van der Waals surface area contributed by atoms with Crippen LogP contribution in [0.1, 0.15) is 35.7 Å². The van der Waals surface area contributed by atoms with Crippen LogP contribution >= 0.6 is 11.3 Å². The molecule has 1 unspecified atom stereocenters. The van der Waals surface area contributed by atoms with Gasteiger partial charge in [0, 0.05) is 24.9 Å². The quantitative estimate of drug-likeness (QED) is 0.347. The maximum atomic E-state index is 5.97. The third-order valence-corrected chi connectivity index (χ3v) is 6.34. The van der Waals surface area contributed by atoms with E-state index in [9.17, 15) is 0 Å². The predicted octanol–water partition coefficient (Wildman–Crippen LogP) is 5.25. The van der Waals surface area contributed by atoms with Gasteiger partial charge in [0.2, 0.25) is 0 Å². The van der Waals surface area contributed by atoms with Gasteiger partial charge in [-0.05, 0) is 50.6 Å². The summed E-state index contributed by atoms with van der Waals surface area (Å²) in [5.74, 6) is 2.18. The van der Waals surface area contributed by atoms with Crippen LogP contribution in [0.3, 0.4) is 0 Å². The van der Waals surface area contributed by atoms with Gasteiger partial charge in [0.25, 0.3) is 0 Å². The van der Waals surface area contributed by atoms with Gasteiger partial charge in [0.1, 0.15) is 24.0 Å². The molecule has 0 aliphatic carbocycles. The predicted molar refractivity (Wildman–Crippen MR) is 134 cm³/mol. The maximum Gasteiger partial charge on any atom is 0.138 e. The number of thiazole rings is 1. The zero-order valence-electron chi connectivity index (χ0n) is 19.5. The van der Waals surface area contributed by atoms with Crippen LogP contribution in [0.4, 0.5) is 5.82 Å². The number of hydrogen-bond donors (Lipinski definition) is 1. The molecule has 0 radical (unpaired) electrons. The van der Waals surface area contributed by atoms with Crippen molar-refractivity contribution in [1.82, 2.24) is 29.7 Å². The van der Waals surface area contributed by atoms with Gasteiger partial charge in [-0.3, -0.25) is 9.67 Å². The lowest BCUT2D eigenvalue weighted by molar-refractivity contribution is 0.293. The zero-order chi connectivity index (χ0) is 23.7. The molecule has 1 N–H and O–H groups in total. The average Bonchev–Trinajstić information content (AvgIpc) is 3.42. The molecule has 4 heterocycles. The lowest BCUT2D eigenvalue weighted by atomic mass is 10.1. The molecule has 0 saturated heterocycles. The highest BCUT2D eigenvalue weighted by atomic mass is 32.1. The Morgan fingerprint density at radius 3 is 2.79 bits per heavy atom. The molecule has 172 valence electrons. The van der Waals surface area contributed by atoms with Crippen LogP contribution < -0.4 is 10.1 Å². The summed E-state index contributed by atoms with van der Waals surface area (Å²) >= 11 is 1.62. The molecule has 0 fully saturated rings. The summed E-state index contributed by atoms with van der Waals surface area (Å²) in [6.45, 7) is 6.38. The Bertz CT molecular complexity index is 1460. The number of fused-ring (bicyclic) bond motifs is 1. The van der Waals surface area contributed by atoms with Crippen molar-refractivity contribution in [1.29, 1.82) is 0 Å². The van der Waals surface area contributed by atoms with Gasteiger partial charge in [-0.1, -0.05) is 6.07 Å². The number of rotatable bonds is 7. The first-order valence-corrected chi connectivity index (χ1v) is 11.9. The topological polar surface area (TPSA) is 90.6 Å². The number of nitrogens with one attached hydrogen (secondary N) is 1. The molecule has 0 bridgehead atoms. The second-order valence-corrected chi connectivity index (χ2v) is 9.12. The fourth-order valence-electron chi connectivity index (χ4n) is 3.82. The minimum atomic E-state index is -0.0267. The number of nitrogens with zero attached hydrogens (tertiary/aromatic N) is 6. The summed E-state index contributed by atoms with van der Waals surface area (Å²) in [6, 6.07) is 12.2. The van der Waals surface area contributed by atoms with Crippen molar-refractivity contribution < 1.29 is 4.74 Å². The number of aromatic nitrogens is 6. The summed E-state index contributed by atoms with van der Waals surface area (Å²) < 4.78 is 8.94. The first kappa shape index (κ1) is 22.0. The molecular formula is C25H25N7OS. The maximum absolute atomic E-state index is 5.97. The van der Waals surface area contributed by atoms with Gasteiger partial charge in [-0.25, -0.2) is 15.0 Å². The van der Waals surface area contributed by atoms with Crippen molar-refractivity contribution in [3.8, 4) is 17.0 Å². The Balaban J connectivity index is 1.32. The van der Waals surface area contributed by atoms with E-state index in [4.69, 9.17) is 4.74 Å². The van der Waals surface area contributed by atoms with Crippen LogP contribution in [0.5, 0.6) is 5.75 Å². The zero-order valence-corrected chi connectivity index (χ0v) is 20.3. The van der Waals surface area contributed by atoms with Gasteiger partial charge >= 0.3 is 0 Å². The SMILES string of the molecule is Cc1cc(COc2cncc(C(C)Nc3cc(-c4ccc5ncsc5c4)nc(C)n3)c2)n(C)n1. The Morgan fingerprint density at radius 1 is 1.09 bits per heavy atom. The molecule has 0 aliphatic heterocycles. The number of pyridine rings is 1. The molecule has 5 rings (SSSR count). The largest absolute Gasteiger partial charge is 0.486 e. The Kier molecular flexibility index (Phi) is 5.93. The molecular weight excluding hydrogens is 446 g/mol. The summed E-state index contributed by atoms with van der Waals surface area (Å²) in [5, 5.41) is 7.84. The third kappa shape index (κ3) is 4.74. The molecule has 0 amide bonds. The molecule has 8 nitrogen and oxygen atoms in total. The van der Waals surface area contributed by atoms with Crippen LogP contribution in [0.2, 0.25) is 0 Å². The second kappa shape index (κ2) is 9.18. The molecule has 0 saturated carbocycles. The number of aryl methyl sites for hydroxylation is 3. The first-order chi connectivity index (χ1) is 16.4. The molecule has 0 spiro atoms. The van der Waals surface area contributed by atoms with Crippen LogP contribution in [0.25, 0.3) is 21.5 Å². The minimum Gasteiger partial charge on any atom is -0.486 e. The van der Waals surface area contributed by atoms with Gasteiger partial charge in [0.05, 0.1) is 45.0 Å². The number of ether oxygens (including phenoxy) is 1. The number of anilines is 1. The van der Waals surface area contributed by atoms with Gasteiger partial charge in [-0.2, -0.15) is 5.10 Å². The van der Waals surface area contributed by atoms with Crippen molar-refractivity contribution in [3.63, 3.8) is 0 Å². The fourth-order valence-corrected chi connectivity index (χ4v) is 4.53. The van der Waals surface area contributed by atoms with Gasteiger partial charge < -0.3 is 10.1 Å². The Morgan fingerprint density at radius 2 is 1.97 bits per heavy atom. The van der Waals surface area contributed by atoms with E-state index in [1.807, 2.05) is 67.6 Å². The highest BCUT2D eigenvalue weighted by Gasteiger charge is 2.12. The number of hydrogen-bond acceptors (Lipinski definition) is 8. The van der Waals surface area contributed by atoms with E-state index < -0.39 is 0 Å². The van der Waals surface area contributed by atoms with Crippen LogP contribution in [0.15, 0.2) is 54.3 Å². The lowest BCUT2D eigenvalue weighted by Gasteiger charge is -2.17. The smallest absolute Gasteiger partial charge is 0.138 e. The van der Waals surface area contributed by atoms with Crippen molar-refractivity contribution in [2.75, 3.05) is 5.32 Å². The molecule has 1 atom stereocenters. The van der Waals surface area contributed by atoms with Gasteiger partial charge in [0.15, 0.2) is 0 Å². The average molecular weight is 472 g/mol. The summed E-state index contributed by atoms with van der Waals surface area (Å²) in [6.07, 6.45) is 3.56. The van der Waals surface area contributed by atoms with E-state index in [0.717, 1.165) is 44.2 Å². The third-order valence-electron chi connectivity index (χ3n) is 5.55. The lowest BCUT2D eigenvalue weighted by Crippen LogP contribution is -2.10. The van der Waals surface area contributed by atoms with E-state index in [0.29, 0.717) is 18.2 Å². The normalized spacial score (nSPS) is 12.1. The monoisotopic (exact) mass is 471 g/mol. The van der Waals surface area contributed by atoms with E-state index >= 15 is 0 Å². The fraction of sp³-hybridized carbons (Fsp3) is 0.240. The van der Waals surface area contributed by atoms with Gasteiger partial charge in [-0.15, -0.1) is 11.3 Å². The highest BCUT2D eigenvalue weighted by Crippen LogP contribution is 2.28. The number of benzene rings is 1. The molecule has 1 aromatic carbocycles. The molecule has 5 aromatic rings. The summed E-state index contributed by atoms with van der Waals surface area (Å²) in [5.41, 5.74) is 7.76. The summed E-state index contributed by atoms with van der Waals surface area (Å²) in [4.78, 5) is 18.0. The van der Waals surface area contributed by atoms with E-state index in [-0.39, 0.29) is 6.04 Å².